The first kappa shape index (κ1) is 17.7. The van der Waals surface area contributed by atoms with Crippen LogP contribution < -0.4 is 4.72 Å². The molecule has 0 aromatic rings. The van der Waals surface area contributed by atoms with Gasteiger partial charge in [-0.1, -0.05) is 6.08 Å². The summed E-state index contributed by atoms with van der Waals surface area (Å²) < 4.78 is 38.3. The van der Waals surface area contributed by atoms with Crippen LogP contribution in [-0.2, 0) is 19.3 Å². The predicted molar refractivity (Wildman–Crippen MR) is 85.5 cm³/mol. The lowest BCUT2D eigenvalue weighted by atomic mass is 9.74. The minimum absolute atomic E-state index is 0.0213. The molecule has 6 nitrogen and oxygen atoms in total. The number of aliphatic hydroxyl groups is 1. The summed E-state index contributed by atoms with van der Waals surface area (Å²) in [5.41, 5.74) is 0.133. The van der Waals surface area contributed by atoms with Crippen LogP contribution >= 0.6 is 0 Å². The van der Waals surface area contributed by atoms with E-state index in [4.69, 9.17) is 14.4 Å². The fourth-order valence-corrected chi connectivity index (χ4v) is 3.49. The molecule has 0 bridgehead atoms. The molecule has 22 heavy (non-hydrogen) atoms. The van der Waals surface area contributed by atoms with E-state index in [0.717, 1.165) is 5.47 Å². The molecule has 124 valence electrons. The van der Waals surface area contributed by atoms with Gasteiger partial charge >= 0.3 is 7.12 Å². The smallest absolute Gasteiger partial charge is 0.400 e. The van der Waals surface area contributed by atoms with Crippen LogP contribution in [0.4, 0.5) is 0 Å². The summed E-state index contributed by atoms with van der Waals surface area (Å²) in [7, 11) is -3.95. The van der Waals surface area contributed by atoms with Crippen molar-refractivity contribution in [2.75, 3.05) is 13.2 Å². The third-order valence-corrected chi connectivity index (χ3v) is 6.06. The molecule has 2 aliphatic rings. The fourth-order valence-electron chi connectivity index (χ4n) is 2.32. The zero-order valence-corrected chi connectivity index (χ0v) is 14.4. The van der Waals surface area contributed by atoms with Crippen molar-refractivity contribution in [1.29, 1.82) is 0 Å². The Hall–Kier alpha value is -0.665. The van der Waals surface area contributed by atoms with Crippen molar-refractivity contribution in [1.82, 2.24) is 4.72 Å². The number of sulfonamides is 1. The molecule has 0 radical (unpaired) electrons. The van der Waals surface area contributed by atoms with E-state index in [0.29, 0.717) is 17.7 Å². The van der Waals surface area contributed by atoms with Gasteiger partial charge in [-0.3, -0.25) is 0 Å². The molecular formula is C14H24BNO5S. The van der Waals surface area contributed by atoms with E-state index in [-0.39, 0.29) is 13.2 Å². The molecule has 0 aromatic carbocycles. The maximum Gasteiger partial charge on any atom is 0.490 e. The average Bonchev–Trinajstić information content (AvgIpc) is 2.65. The topological polar surface area (TPSA) is 84.9 Å². The Morgan fingerprint density at radius 1 is 1.18 bits per heavy atom. The Morgan fingerprint density at radius 3 is 2.23 bits per heavy atom. The quantitative estimate of drug-likeness (QED) is 0.739. The summed E-state index contributed by atoms with van der Waals surface area (Å²) in [6, 6.07) is 0. The molecule has 0 spiro atoms. The van der Waals surface area contributed by atoms with Crippen LogP contribution in [0.15, 0.2) is 22.5 Å². The molecule has 2 N–H and O–H groups in total. The Morgan fingerprint density at radius 2 is 1.77 bits per heavy atom. The summed E-state index contributed by atoms with van der Waals surface area (Å²) in [5.74, 6) is 0. The number of aliphatic hydroxyl groups excluding tert-OH is 1. The minimum atomic E-state index is -3.51. The van der Waals surface area contributed by atoms with Crippen LogP contribution in [0.5, 0.6) is 0 Å². The molecule has 0 atom stereocenters. The van der Waals surface area contributed by atoms with E-state index in [2.05, 4.69) is 4.72 Å². The third kappa shape index (κ3) is 3.46. The average molecular weight is 329 g/mol. The van der Waals surface area contributed by atoms with Gasteiger partial charge in [0.05, 0.1) is 22.7 Å². The number of nitrogens with one attached hydrogen (secondary N) is 1. The highest BCUT2D eigenvalue weighted by Gasteiger charge is 2.52. The van der Waals surface area contributed by atoms with Gasteiger partial charge < -0.3 is 14.4 Å². The molecule has 0 saturated carbocycles. The lowest BCUT2D eigenvalue weighted by Crippen LogP contribution is -2.41. The molecular weight excluding hydrogens is 305 g/mol. The summed E-state index contributed by atoms with van der Waals surface area (Å²) in [6.45, 7) is 7.75. The monoisotopic (exact) mass is 329 g/mol. The summed E-state index contributed by atoms with van der Waals surface area (Å²) in [5, 5.41) is 8.72. The molecule has 8 heteroatoms. The van der Waals surface area contributed by atoms with Gasteiger partial charge in [0.2, 0.25) is 10.0 Å². The maximum atomic E-state index is 12.0. The minimum Gasteiger partial charge on any atom is -0.400 e. The first-order valence-electron chi connectivity index (χ1n) is 7.45. The van der Waals surface area contributed by atoms with Crippen LogP contribution in [0.2, 0.25) is 0 Å². The zero-order valence-electron chi connectivity index (χ0n) is 13.5. The molecule has 1 fully saturated rings. The van der Waals surface area contributed by atoms with Gasteiger partial charge in [0, 0.05) is 6.54 Å². The fraction of sp³-hybridized carbons (Fsp3) is 0.714. The van der Waals surface area contributed by atoms with E-state index in [1.165, 1.54) is 0 Å². The summed E-state index contributed by atoms with van der Waals surface area (Å²) in [6.07, 6.45) is 4.32. The highest BCUT2D eigenvalue weighted by Crippen LogP contribution is 2.40. The zero-order chi connectivity index (χ0) is 16.6. The van der Waals surface area contributed by atoms with Gasteiger partial charge in [-0.05, 0) is 52.1 Å². The van der Waals surface area contributed by atoms with Crippen molar-refractivity contribution in [3.63, 3.8) is 0 Å². The van der Waals surface area contributed by atoms with E-state index in [1.54, 1.807) is 12.2 Å². The summed E-state index contributed by atoms with van der Waals surface area (Å²) in [4.78, 5) is 0.321. The SMILES string of the molecule is CC1(C)OB(C2=CC=C(S(=O)(=O)NCCO)CC2)OC1(C)C. The standard InChI is InChI=1S/C14H24BNO5S/c1-13(2)14(3,4)21-15(20-13)11-5-7-12(8-6-11)22(18,19)16-9-10-17/h5,7,16-17H,6,8-10H2,1-4H3. The molecule has 1 saturated heterocycles. The van der Waals surface area contributed by atoms with E-state index in [1.807, 2.05) is 27.7 Å². The van der Waals surface area contributed by atoms with Crippen molar-refractivity contribution < 1.29 is 22.8 Å². The number of hydrogen-bond donors (Lipinski definition) is 2. The summed E-state index contributed by atoms with van der Waals surface area (Å²) >= 11 is 0. The molecule has 2 rings (SSSR count). The molecule has 1 heterocycles. The van der Waals surface area contributed by atoms with E-state index in [9.17, 15) is 8.42 Å². The van der Waals surface area contributed by atoms with E-state index >= 15 is 0 Å². The lowest BCUT2D eigenvalue weighted by molar-refractivity contribution is 0.00578. The van der Waals surface area contributed by atoms with Crippen LogP contribution in [0.1, 0.15) is 40.5 Å². The second kappa shape index (κ2) is 6.09. The van der Waals surface area contributed by atoms with Crippen molar-refractivity contribution in [3.05, 3.63) is 22.5 Å². The molecule has 1 aliphatic carbocycles. The second-order valence-corrected chi connectivity index (χ2v) is 8.40. The van der Waals surface area contributed by atoms with Crippen molar-refractivity contribution in [2.45, 2.75) is 51.7 Å². The Balaban J connectivity index is 2.12. The van der Waals surface area contributed by atoms with Crippen molar-refractivity contribution >= 4 is 17.1 Å². The van der Waals surface area contributed by atoms with Gasteiger partial charge in [-0.15, -0.1) is 0 Å². The lowest BCUT2D eigenvalue weighted by Gasteiger charge is -2.32. The Kier molecular flexibility index (Phi) is 4.89. The second-order valence-electron chi connectivity index (χ2n) is 6.58. The highest BCUT2D eigenvalue weighted by molar-refractivity contribution is 7.93. The maximum absolute atomic E-state index is 12.0. The largest absolute Gasteiger partial charge is 0.490 e. The first-order valence-corrected chi connectivity index (χ1v) is 8.93. The van der Waals surface area contributed by atoms with Gasteiger partial charge in [0.15, 0.2) is 0 Å². The van der Waals surface area contributed by atoms with Crippen LogP contribution in [0.3, 0.4) is 0 Å². The van der Waals surface area contributed by atoms with E-state index < -0.39 is 28.3 Å². The molecule has 0 unspecified atom stereocenters. The normalized spacial score (nSPS) is 24.1. The number of allylic oxidation sites excluding steroid dienone is 4. The Labute approximate surface area is 132 Å². The van der Waals surface area contributed by atoms with Crippen LogP contribution in [0.25, 0.3) is 0 Å². The number of rotatable bonds is 5. The molecule has 0 amide bonds. The third-order valence-electron chi connectivity index (χ3n) is 4.45. The Bertz CT molecular complexity index is 578. The van der Waals surface area contributed by atoms with Gasteiger partial charge in [-0.25, -0.2) is 13.1 Å². The van der Waals surface area contributed by atoms with Crippen molar-refractivity contribution in [3.8, 4) is 0 Å². The molecule has 1 aliphatic heterocycles. The first-order chi connectivity index (χ1) is 10.1. The highest BCUT2D eigenvalue weighted by atomic mass is 32.2. The van der Waals surface area contributed by atoms with Gasteiger partial charge in [0.25, 0.3) is 0 Å². The van der Waals surface area contributed by atoms with Crippen LogP contribution in [0, 0.1) is 0 Å². The van der Waals surface area contributed by atoms with Gasteiger partial charge in [-0.2, -0.15) is 0 Å². The molecule has 0 aromatic heterocycles. The number of hydrogen-bond acceptors (Lipinski definition) is 5. The predicted octanol–water partition coefficient (Wildman–Crippen LogP) is 1.13. The van der Waals surface area contributed by atoms with Gasteiger partial charge in [0.1, 0.15) is 0 Å². The van der Waals surface area contributed by atoms with Crippen molar-refractivity contribution in [2.24, 2.45) is 0 Å². The van der Waals surface area contributed by atoms with Crippen LogP contribution in [-0.4, -0.2) is 45.0 Å².